The average Bonchev–Trinajstić information content (AvgIpc) is 2.95. The number of piperidine rings is 2. The first kappa shape index (κ1) is 19.0. The zero-order valence-corrected chi connectivity index (χ0v) is 18.0. The molecule has 3 aliphatic carbocycles. The van der Waals surface area contributed by atoms with Crippen molar-refractivity contribution in [2.24, 2.45) is 11.8 Å². The van der Waals surface area contributed by atoms with Crippen LogP contribution in [0.5, 0.6) is 0 Å². The van der Waals surface area contributed by atoms with Gasteiger partial charge in [-0.1, -0.05) is 36.2 Å². The molecular formula is C22H28Cl2N2O2. The van der Waals surface area contributed by atoms with Gasteiger partial charge in [0.15, 0.2) is 0 Å². The molecule has 0 aromatic heterocycles. The van der Waals surface area contributed by atoms with E-state index in [1.54, 1.807) is 0 Å². The predicted molar refractivity (Wildman–Crippen MR) is 111 cm³/mol. The molecule has 4 nitrogen and oxygen atoms in total. The van der Waals surface area contributed by atoms with Crippen molar-refractivity contribution < 1.29 is 9.90 Å². The molecule has 2 saturated carbocycles. The molecule has 6 heteroatoms. The van der Waals surface area contributed by atoms with Crippen LogP contribution in [-0.4, -0.2) is 39.1 Å². The lowest BCUT2D eigenvalue weighted by atomic mass is 9.61. The number of aliphatic hydroxyl groups is 1. The van der Waals surface area contributed by atoms with Crippen molar-refractivity contribution in [2.75, 3.05) is 0 Å². The minimum absolute atomic E-state index is 0.0633. The third-order valence-corrected chi connectivity index (χ3v) is 8.54. The molecule has 3 heterocycles. The molecule has 0 aromatic carbocycles. The van der Waals surface area contributed by atoms with E-state index < -0.39 is 5.60 Å². The molecular weight excluding hydrogens is 395 g/mol. The molecule has 4 atom stereocenters. The van der Waals surface area contributed by atoms with Crippen molar-refractivity contribution >= 4 is 29.1 Å². The van der Waals surface area contributed by atoms with Gasteiger partial charge in [-0.05, 0) is 62.9 Å². The summed E-state index contributed by atoms with van der Waals surface area (Å²) < 4.78 is 0. The van der Waals surface area contributed by atoms with Crippen LogP contribution in [0.4, 0.5) is 0 Å². The Hall–Kier alpha value is -0.970. The van der Waals surface area contributed by atoms with Gasteiger partial charge in [0.05, 0.1) is 21.2 Å². The molecule has 0 spiro atoms. The van der Waals surface area contributed by atoms with Crippen LogP contribution in [0.3, 0.4) is 0 Å². The van der Waals surface area contributed by atoms with Crippen LogP contribution in [0.25, 0.3) is 0 Å². The number of amides is 1. The molecule has 28 heavy (non-hydrogen) atoms. The molecule has 0 aromatic rings. The summed E-state index contributed by atoms with van der Waals surface area (Å²) in [6.07, 6.45) is 9.77. The van der Waals surface area contributed by atoms with Crippen molar-refractivity contribution in [3.05, 3.63) is 33.5 Å². The number of carbonyl (C=O) groups is 1. The van der Waals surface area contributed by atoms with Crippen molar-refractivity contribution in [3.63, 3.8) is 0 Å². The fraction of sp³-hybridized carbons (Fsp3) is 0.682. The summed E-state index contributed by atoms with van der Waals surface area (Å²) in [4.78, 5) is 15.4. The third-order valence-electron chi connectivity index (χ3n) is 7.70. The van der Waals surface area contributed by atoms with Crippen LogP contribution in [0, 0.1) is 11.8 Å². The monoisotopic (exact) mass is 422 g/mol. The lowest BCUT2D eigenvalue weighted by Gasteiger charge is -2.59. The maximum atomic E-state index is 13.3. The quantitative estimate of drug-likeness (QED) is 0.716. The molecule has 2 N–H and O–H groups in total. The molecule has 4 fully saturated rings. The SMILES string of the molecule is CC(CC(=O)N1C2CC3CC1CC(O)(C3)C2)C1=CNC2(C)CC=C(Cl)C(Cl)=C12. The molecule has 3 aliphatic heterocycles. The lowest BCUT2D eigenvalue weighted by molar-refractivity contribution is -0.175. The second kappa shape index (κ2) is 6.26. The van der Waals surface area contributed by atoms with E-state index in [2.05, 4.69) is 24.1 Å². The lowest BCUT2D eigenvalue weighted by Crippen LogP contribution is -2.65. The third kappa shape index (κ3) is 2.79. The number of hydrogen-bond acceptors (Lipinski definition) is 3. The van der Waals surface area contributed by atoms with E-state index in [0.717, 1.165) is 49.7 Å². The highest BCUT2D eigenvalue weighted by molar-refractivity contribution is 6.44. The van der Waals surface area contributed by atoms with E-state index in [1.165, 1.54) is 0 Å². The number of hydrogen-bond donors (Lipinski definition) is 2. The number of rotatable bonds is 3. The van der Waals surface area contributed by atoms with Gasteiger partial charge in [0.25, 0.3) is 0 Å². The zero-order chi connectivity index (χ0) is 19.8. The van der Waals surface area contributed by atoms with Gasteiger partial charge in [0, 0.05) is 30.3 Å². The second-order valence-electron chi connectivity index (χ2n) is 9.91. The predicted octanol–water partition coefficient (Wildman–Crippen LogP) is 4.18. The average molecular weight is 423 g/mol. The summed E-state index contributed by atoms with van der Waals surface area (Å²) in [5.74, 6) is 0.869. The molecule has 4 bridgehead atoms. The van der Waals surface area contributed by atoms with Gasteiger partial charge in [-0.15, -0.1) is 0 Å². The Morgan fingerprint density at radius 1 is 1.32 bits per heavy atom. The maximum Gasteiger partial charge on any atom is 0.223 e. The maximum absolute atomic E-state index is 13.3. The first-order valence-electron chi connectivity index (χ1n) is 10.5. The summed E-state index contributed by atoms with van der Waals surface area (Å²) in [5, 5.41) is 15.4. The molecule has 4 unspecified atom stereocenters. The Balaban J connectivity index is 1.34. The molecule has 6 aliphatic rings. The van der Waals surface area contributed by atoms with E-state index in [0.29, 0.717) is 22.4 Å². The van der Waals surface area contributed by atoms with E-state index in [1.807, 2.05) is 12.3 Å². The van der Waals surface area contributed by atoms with E-state index in [9.17, 15) is 9.90 Å². The van der Waals surface area contributed by atoms with Gasteiger partial charge in [-0.3, -0.25) is 4.79 Å². The summed E-state index contributed by atoms with van der Waals surface area (Å²) in [5.41, 5.74) is 1.36. The van der Waals surface area contributed by atoms with Gasteiger partial charge >= 0.3 is 0 Å². The molecule has 152 valence electrons. The van der Waals surface area contributed by atoms with Gasteiger partial charge < -0.3 is 15.3 Å². The van der Waals surface area contributed by atoms with E-state index in [-0.39, 0.29) is 29.4 Å². The van der Waals surface area contributed by atoms with Crippen LogP contribution < -0.4 is 5.32 Å². The van der Waals surface area contributed by atoms with E-state index in [4.69, 9.17) is 23.2 Å². The van der Waals surface area contributed by atoms with Crippen LogP contribution in [-0.2, 0) is 4.79 Å². The van der Waals surface area contributed by atoms with Crippen LogP contribution >= 0.6 is 23.2 Å². The highest BCUT2D eigenvalue weighted by Gasteiger charge is 2.55. The van der Waals surface area contributed by atoms with Crippen LogP contribution in [0.2, 0.25) is 0 Å². The number of nitrogens with zero attached hydrogens (tertiary/aromatic N) is 1. The minimum Gasteiger partial charge on any atom is -0.390 e. The number of carbonyl (C=O) groups excluding carboxylic acids is 1. The van der Waals surface area contributed by atoms with Crippen molar-refractivity contribution in [2.45, 2.75) is 82.0 Å². The van der Waals surface area contributed by atoms with Gasteiger partial charge in [-0.25, -0.2) is 0 Å². The first-order chi connectivity index (χ1) is 13.2. The van der Waals surface area contributed by atoms with Crippen molar-refractivity contribution in [1.29, 1.82) is 0 Å². The highest BCUT2D eigenvalue weighted by Crippen LogP contribution is 2.52. The Morgan fingerprint density at radius 3 is 2.64 bits per heavy atom. The summed E-state index contributed by atoms with van der Waals surface area (Å²) in [7, 11) is 0. The van der Waals surface area contributed by atoms with Crippen molar-refractivity contribution in [3.8, 4) is 0 Å². The Kier molecular flexibility index (Phi) is 4.25. The normalized spacial score (nSPS) is 42.2. The smallest absolute Gasteiger partial charge is 0.223 e. The topological polar surface area (TPSA) is 52.6 Å². The van der Waals surface area contributed by atoms with Gasteiger partial charge in [0.2, 0.25) is 5.91 Å². The zero-order valence-electron chi connectivity index (χ0n) is 16.5. The number of halogens is 2. The summed E-state index contributed by atoms with van der Waals surface area (Å²) >= 11 is 12.9. The van der Waals surface area contributed by atoms with Crippen LogP contribution in [0.1, 0.15) is 58.8 Å². The Bertz CT molecular complexity index is 816. The first-order valence-corrected chi connectivity index (χ1v) is 11.2. The van der Waals surface area contributed by atoms with Gasteiger partial charge in [-0.2, -0.15) is 0 Å². The van der Waals surface area contributed by atoms with Crippen LogP contribution in [0.15, 0.2) is 33.5 Å². The van der Waals surface area contributed by atoms with Crippen molar-refractivity contribution in [1.82, 2.24) is 10.2 Å². The molecule has 0 radical (unpaired) electrons. The Labute approximate surface area is 176 Å². The molecule has 6 rings (SSSR count). The largest absolute Gasteiger partial charge is 0.390 e. The standard InChI is InChI=1S/C22H28Cl2N2O2/c1-12(16-11-25-21(2)4-3-17(23)20(24)19(16)21)5-18(27)26-14-6-13-7-15(26)10-22(28,8-13)9-14/h3,11-15,25,28H,4-10H2,1-2H3. The fourth-order valence-electron chi connectivity index (χ4n) is 6.59. The summed E-state index contributed by atoms with van der Waals surface area (Å²) in [6, 6.07) is 0.429. The second-order valence-corrected chi connectivity index (χ2v) is 10.7. The fourth-order valence-corrected chi connectivity index (χ4v) is 7.16. The summed E-state index contributed by atoms with van der Waals surface area (Å²) in [6.45, 7) is 4.23. The number of fused-ring (bicyclic) bond motifs is 1. The van der Waals surface area contributed by atoms with Gasteiger partial charge in [0.1, 0.15) is 0 Å². The molecule has 2 saturated heterocycles. The van der Waals surface area contributed by atoms with E-state index >= 15 is 0 Å². The molecule has 1 amide bonds. The Morgan fingerprint density at radius 2 is 2.00 bits per heavy atom. The number of nitrogens with one attached hydrogen (secondary N) is 1. The number of allylic oxidation sites excluding steroid dienone is 2. The highest BCUT2D eigenvalue weighted by atomic mass is 35.5. The minimum atomic E-state index is -0.526.